The third-order valence-electron chi connectivity index (χ3n) is 1.61. The first kappa shape index (κ1) is 11.4. The summed E-state index contributed by atoms with van der Waals surface area (Å²) in [6.07, 6.45) is 3.57. The van der Waals surface area contributed by atoms with Crippen LogP contribution in [0.4, 0.5) is 0 Å². The number of pyridine rings is 1. The largest absolute Gasteiger partial charge is 0.358 e. The fraction of sp³-hybridized carbons (Fsp3) is 0.333. The van der Waals surface area contributed by atoms with E-state index in [9.17, 15) is 0 Å². The Morgan fingerprint density at radius 2 is 2.29 bits per heavy atom. The fourth-order valence-corrected chi connectivity index (χ4v) is 1.37. The Balaban J connectivity index is 2.50. The minimum atomic E-state index is 0.698. The van der Waals surface area contributed by atoms with Crippen molar-refractivity contribution in [3.05, 3.63) is 28.5 Å². The van der Waals surface area contributed by atoms with E-state index in [1.54, 1.807) is 6.20 Å². The maximum atomic E-state index is 5.09. The number of hydrogen-bond acceptors (Lipinski definition) is 2. The van der Waals surface area contributed by atoms with Crippen LogP contribution < -0.4 is 5.32 Å². The van der Waals surface area contributed by atoms with E-state index in [1.807, 2.05) is 31.3 Å². The van der Waals surface area contributed by atoms with Crippen molar-refractivity contribution in [1.29, 1.82) is 0 Å². The molecule has 0 saturated heterocycles. The van der Waals surface area contributed by atoms with Crippen molar-refractivity contribution in [1.82, 2.24) is 15.2 Å². The second kappa shape index (κ2) is 5.26. The number of nitrogens with zero attached hydrogens (tertiary/aromatic N) is 2. The van der Waals surface area contributed by atoms with E-state index in [-0.39, 0.29) is 0 Å². The topological polar surface area (TPSA) is 28.2 Å². The molecule has 5 heteroatoms. The van der Waals surface area contributed by atoms with Gasteiger partial charge in [-0.05, 0) is 39.8 Å². The number of halogens is 1. The second-order valence-electron chi connectivity index (χ2n) is 3.06. The van der Waals surface area contributed by atoms with Crippen molar-refractivity contribution < 1.29 is 0 Å². The molecule has 1 N–H and O–H groups in total. The van der Waals surface area contributed by atoms with Crippen LogP contribution in [0.3, 0.4) is 0 Å². The van der Waals surface area contributed by atoms with Gasteiger partial charge in [0.2, 0.25) is 0 Å². The summed E-state index contributed by atoms with van der Waals surface area (Å²) in [5, 5.41) is 3.85. The monoisotopic (exact) mass is 273 g/mol. The highest BCUT2D eigenvalue weighted by atomic mass is 79.9. The number of nitrogens with one attached hydrogen (secondary N) is 1. The van der Waals surface area contributed by atoms with Crippen LogP contribution in [0.2, 0.25) is 0 Å². The van der Waals surface area contributed by atoms with Crippen molar-refractivity contribution in [3.8, 4) is 0 Å². The quantitative estimate of drug-likeness (QED) is 0.832. The zero-order valence-corrected chi connectivity index (χ0v) is 10.5. The molecule has 0 fully saturated rings. The Morgan fingerprint density at radius 3 is 2.86 bits per heavy atom. The molecule has 0 atom stereocenters. The van der Waals surface area contributed by atoms with Gasteiger partial charge in [0.05, 0.1) is 0 Å². The molecule has 14 heavy (non-hydrogen) atoms. The van der Waals surface area contributed by atoms with E-state index < -0.39 is 0 Å². The van der Waals surface area contributed by atoms with Crippen molar-refractivity contribution in [2.45, 2.75) is 6.54 Å². The zero-order valence-electron chi connectivity index (χ0n) is 8.12. The summed E-state index contributed by atoms with van der Waals surface area (Å²) in [6.45, 7) is 0.698. The molecule has 0 bridgehead atoms. The van der Waals surface area contributed by atoms with Gasteiger partial charge in [0, 0.05) is 37.5 Å². The van der Waals surface area contributed by atoms with Crippen LogP contribution in [-0.4, -0.2) is 29.1 Å². The van der Waals surface area contributed by atoms with Crippen molar-refractivity contribution in [2.24, 2.45) is 0 Å². The molecule has 0 aromatic carbocycles. The van der Waals surface area contributed by atoms with Crippen LogP contribution in [-0.2, 0) is 6.54 Å². The average Bonchev–Trinajstić information content (AvgIpc) is 2.14. The lowest BCUT2D eigenvalue weighted by Gasteiger charge is -2.15. The molecule has 1 aromatic rings. The predicted molar refractivity (Wildman–Crippen MR) is 65.1 cm³/mol. The summed E-state index contributed by atoms with van der Waals surface area (Å²) >= 11 is 8.46. The Labute approximate surface area is 97.6 Å². The van der Waals surface area contributed by atoms with Gasteiger partial charge in [-0.1, -0.05) is 0 Å². The first-order chi connectivity index (χ1) is 6.59. The predicted octanol–water partition coefficient (Wildman–Crippen LogP) is 1.78. The van der Waals surface area contributed by atoms with Gasteiger partial charge < -0.3 is 10.2 Å². The van der Waals surface area contributed by atoms with Gasteiger partial charge in [0.1, 0.15) is 0 Å². The maximum Gasteiger partial charge on any atom is 0.168 e. The zero-order chi connectivity index (χ0) is 10.6. The highest BCUT2D eigenvalue weighted by molar-refractivity contribution is 9.10. The van der Waals surface area contributed by atoms with Gasteiger partial charge >= 0.3 is 0 Å². The maximum absolute atomic E-state index is 5.09. The van der Waals surface area contributed by atoms with Crippen molar-refractivity contribution in [3.63, 3.8) is 0 Å². The second-order valence-corrected chi connectivity index (χ2v) is 4.37. The fourth-order valence-electron chi connectivity index (χ4n) is 0.888. The molecule has 0 spiro atoms. The summed E-state index contributed by atoms with van der Waals surface area (Å²) in [7, 11) is 3.82. The standard InChI is InChI=1S/C9H12BrN3S/c1-13(2)9(14)12-5-7-3-8(10)6-11-4-7/h3-4,6H,5H2,1-2H3,(H,12,14). The van der Waals surface area contributed by atoms with E-state index in [0.717, 1.165) is 15.1 Å². The van der Waals surface area contributed by atoms with E-state index in [1.165, 1.54) is 0 Å². The molecule has 0 aliphatic rings. The highest BCUT2D eigenvalue weighted by Crippen LogP contribution is 2.09. The third kappa shape index (κ3) is 3.59. The molecule has 0 unspecified atom stereocenters. The van der Waals surface area contributed by atoms with Crippen LogP contribution in [0.15, 0.2) is 22.9 Å². The van der Waals surface area contributed by atoms with Gasteiger partial charge in [-0.15, -0.1) is 0 Å². The van der Waals surface area contributed by atoms with Crippen molar-refractivity contribution in [2.75, 3.05) is 14.1 Å². The van der Waals surface area contributed by atoms with E-state index in [2.05, 4.69) is 26.2 Å². The molecule has 0 radical (unpaired) electrons. The normalized spacial score (nSPS) is 9.64. The smallest absolute Gasteiger partial charge is 0.168 e. The van der Waals surface area contributed by atoms with Crippen LogP contribution in [0.25, 0.3) is 0 Å². The third-order valence-corrected chi connectivity index (χ3v) is 2.55. The van der Waals surface area contributed by atoms with Gasteiger partial charge in [0.15, 0.2) is 5.11 Å². The first-order valence-corrected chi connectivity index (χ1v) is 5.34. The highest BCUT2D eigenvalue weighted by Gasteiger charge is 1.98. The lowest BCUT2D eigenvalue weighted by Crippen LogP contribution is -2.33. The molecule has 3 nitrogen and oxygen atoms in total. The Hall–Kier alpha value is -0.680. The number of rotatable bonds is 2. The Kier molecular flexibility index (Phi) is 4.28. The van der Waals surface area contributed by atoms with Gasteiger partial charge in [-0.3, -0.25) is 4.98 Å². The average molecular weight is 274 g/mol. The number of aromatic nitrogens is 1. The SMILES string of the molecule is CN(C)C(=S)NCc1cncc(Br)c1. The van der Waals surface area contributed by atoms with Gasteiger partial charge in [-0.25, -0.2) is 0 Å². The summed E-state index contributed by atoms with van der Waals surface area (Å²) in [4.78, 5) is 5.93. The summed E-state index contributed by atoms with van der Waals surface area (Å²) in [6, 6.07) is 2.01. The lowest BCUT2D eigenvalue weighted by molar-refractivity contribution is 0.600. The molecular weight excluding hydrogens is 262 g/mol. The lowest BCUT2D eigenvalue weighted by atomic mass is 10.3. The summed E-state index contributed by atoms with van der Waals surface area (Å²) in [5.74, 6) is 0. The molecule has 0 saturated carbocycles. The summed E-state index contributed by atoms with van der Waals surface area (Å²) < 4.78 is 0.979. The van der Waals surface area contributed by atoms with Crippen LogP contribution in [0, 0.1) is 0 Å². The molecule has 0 aliphatic heterocycles. The van der Waals surface area contributed by atoms with Crippen molar-refractivity contribution >= 4 is 33.3 Å². The minimum Gasteiger partial charge on any atom is -0.358 e. The molecule has 1 heterocycles. The van der Waals surface area contributed by atoms with Crippen LogP contribution in [0.1, 0.15) is 5.56 Å². The summed E-state index contributed by atoms with van der Waals surface area (Å²) in [5.41, 5.74) is 1.10. The van der Waals surface area contributed by atoms with Gasteiger partial charge in [-0.2, -0.15) is 0 Å². The molecule has 76 valence electrons. The van der Waals surface area contributed by atoms with Crippen LogP contribution in [0.5, 0.6) is 0 Å². The van der Waals surface area contributed by atoms with Crippen LogP contribution >= 0.6 is 28.1 Å². The number of hydrogen-bond donors (Lipinski definition) is 1. The number of thiocarbonyl (C=S) groups is 1. The Bertz CT molecular complexity index is 328. The molecule has 1 rings (SSSR count). The van der Waals surface area contributed by atoms with Gasteiger partial charge in [0.25, 0.3) is 0 Å². The van der Waals surface area contributed by atoms with E-state index >= 15 is 0 Å². The molecule has 1 aromatic heterocycles. The van der Waals surface area contributed by atoms with E-state index in [4.69, 9.17) is 12.2 Å². The molecule has 0 amide bonds. The van der Waals surface area contributed by atoms with E-state index in [0.29, 0.717) is 6.54 Å². The molecule has 0 aliphatic carbocycles. The Morgan fingerprint density at radius 1 is 1.57 bits per heavy atom. The first-order valence-electron chi connectivity index (χ1n) is 4.14. The molecular formula is C9H12BrN3S. The minimum absolute atomic E-state index is 0.698.